The molecule has 2 N–H and O–H groups in total. The fourth-order valence-corrected chi connectivity index (χ4v) is 4.51. The molecular formula is C21H24N4O3S. The number of anilines is 2. The second-order valence-electron chi connectivity index (χ2n) is 7.30. The zero-order valence-corrected chi connectivity index (χ0v) is 16.9. The Morgan fingerprint density at radius 1 is 1.10 bits per heavy atom. The number of piperidine rings is 1. The van der Waals surface area contributed by atoms with Crippen LogP contribution in [0.1, 0.15) is 28.9 Å². The van der Waals surface area contributed by atoms with E-state index in [1.165, 1.54) is 11.3 Å². The Hall–Kier alpha value is -2.87. The first-order valence-electron chi connectivity index (χ1n) is 9.89. The first-order valence-corrected chi connectivity index (χ1v) is 10.8. The van der Waals surface area contributed by atoms with Gasteiger partial charge in [0.15, 0.2) is 0 Å². The standard InChI is InChI=1S/C21H24N4O3S/c26-19-14-24(12-10-22-19)16-8-6-15(7-9-16)23-20(27)17-4-1-2-11-25(17)21(28)18-5-3-13-29-18/h3,5-9,13,17H,1-2,4,10-12,14H2,(H,22,26)(H,23,27). The van der Waals surface area contributed by atoms with E-state index in [9.17, 15) is 14.4 Å². The van der Waals surface area contributed by atoms with E-state index >= 15 is 0 Å². The third-order valence-electron chi connectivity index (χ3n) is 5.34. The molecule has 2 fully saturated rings. The summed E-state index contributed by atoms with van der Waals surface area (Å²) in [7, 11) is 0. The lowest BCUT2D eigenvalue weighted by Gasteiger charge is -2.34. The van der Waals surface area contributed by atoms with Gasteiger partial charge in [-0.1, -0.05) is 6.07 Å². The van der Waals surface area contributed by atoms with Crippen molar-refractivity contribution in [1.82, 2.24) is 10.2 Å². The molecule has 2 saturated heterocycles. The van der Waals surface area contributed by atoms with E-state index in [1.54, 1.807) is 11.0 Å². The molecule has 0 bridgehead atoms. The van der Waals surface area contributed by atoms with Gasteiger partial charge in [-0.05, 0) is 55.0 Å². The fourth-order valence-electron chi connectivity index (χ4n) is 3.83. The zero-order chi connectivity index (χ0) is 20.2. The average molecular weight is 413 g/mol. The Morgan fingerprint density at radius 3 is 2.66 bits per heavy atom. The minimum Gasteiger partial charge on any atom is -0.360 e. The minimum absolute atomic E-state index is 0.0152. The van der Waals surface area contributed by atoms with Crippen LogP contribution in [-0.4, -0.2) is 54.8 Å². The van der Waals surface area contributed by atoms with Gasteiger partial charge in [0, 0.05) is 31.0 Å². The van der Waals surface area contributed by atoms with Crippen LogP contribution < -0.4 is 15.5 Å². The number of benzene rings is 1. The topological polar surface area (TPSA) is 81.8 Å². The van der Waals surface area contributed by atoms with E-state index < -0.39 is 6.04 Å². The summed E-state index contributed by atoms with van der Waals surface area (Å²) in [6.45, 7) is 2.34. The van der Waals surface area contributed by atoms with Crippen molar-refractivity contribution in [1.29, 1.82) is 0 Å². The van der Waals surface area contributed by atoms with E-state index in [4.69, 9.17) is 0 Å². The Balaban J connectivity index is 1.42. The largest absolute Gasteiger partial charge is 0.360 e. The fraction of sp³-hybridized carbons (Fsp3) is 0.381. The molecule has 2 aliphatic heterocycles. The predicted octanol–water partition coefficient (Wildman–Crippen LogP) is 2.32. The monoisotopic (exact) mass is 412 g/mol. The van der Waals surface area contributed by atoms with Gasteiger partial charge in [-0.2, -0.15) is 0 Å². The van der Waals surface area contributed by atoms with Gasteiger partial charge in [0.1, 0.15) is 6.04 Å². The lowest BCUT2D eigenvalue weighted by molar-refractivity contribution is -0.121. The van der Waals surface area contributed by atoms with Crippen LogP contribution in [0.5, 0.6) is 0 Å². The normalized spacial score (nSPS) is 19.6. The number of nitrogens with one attached hydrogen (secondary N) is 2. The maximum Gasteiger partial charge on any atom is 0.264 e. The molecule has 0 spiro atoms. The van der Waals surface area contributed by atoms with Crippen molar-refractivity contribution >= 4 is 40.4 Å². The second-order valence-corrected chi connectivity index (χ2v) is 8.24. The number of carbonyl (C=O) groups is 3. The van der Waals surface area contributed by atoms with Crippen molar-refractivity contribution < 1.29 is 14.4 Å². The van der Waals surface area contributed by atoms with Crippen molar-refractivity contribution in [3.05, 3.63) is 46.7 Å². The average Bonchev–Trinajstić information content (AvgIpc) is 3.29. The maximum atomic E-state index is 12.9. The van der Waals surface area contributed by atoms with Gasteiger partial charge in [0.2, 0.25) is 11.8 Å². The third-order valence-corrected chi connectivity index (χ3v) is 6.19. The summed E-state index contributed by atoms with van der Waals surface area (Å²) in [6, 6.07) is 10.7. The molecule has 3 amide bonds. The number of amides is 3. The molecule has 8 heteroatoms. The van der Waals surface area contributed by atoms with Crippen molar-refractivity contribution in [3.63, 3.8) is 0 Å². The zero-order valence-electron chi connectivity index (χ0n) is 16.1. The van der Waals surface area contributed by atoms with E-state index in [0.29, 0.717) is 36.6 Å². The lowest BCUT2D eigenvalue weighted by atomic mass is 10.0. The Labute approximate surface area is 173 Å². The first kappa shape index (κ1) is 19.4. The van der Waals surface area contributed by atoms with Crippen LogP contribution in [0.4, 0.5) is 11.4 Å². The molecule has 152 valence electrons. The molecule has 1 aromatic carbocycles. The number of likely N-dealkylation sites (tertiary alicyclic amines) is 1. The van der Waals surface area contributed by atoms with Crippen LogP contribution in [0.25, 0.3) is 0 Å². The van der Waals surface area contributed by atoms with E-state index in [-0.39, 0.29) is 17.7 Å². The Morgan fingerprint density at radius 2 is 1.93 bits per heavy atom. The SMILES string of the molecule is O=C1CN(c2ccc(NC(=O)C3CCCCN3C(=O)c3cccs3)cc2)CCN1. The number of thiophene rings is 1. The number of carbonyl (C=O) groups excluding carboxylic acids is 3. The Kier molecular flexibility index (Phi) is 5.80. The molecule has 0 radical (unpaired) electrons. The van der Waals surface area contributed by atoms with Gasteiger partial charge < -0.3 is 20.4 Å². The number of hydrogen-bond donors (Lipinski definition) is 2. The molecule has 2 aromatic rings. The molecule has 4 rings (SSSR count). The smallest absolute Gasteiger partial charge is 0.264 e. The maximum absolute atomic E-state index is 12.9. The van der Waals surface area contributed by atoms with Gasteiger partial charge in [0.05, 0.1) is 11.4 Å². The van der Waals surface area contributed by atoms with Crippen molar-refractivity contribution in [2.75, 3.05) is 36.4 Å². The van der Waals surface area contributed by atoms with Crippen LogP contribution in [-0.2, 0) is 9.59 Å². The minimum atomic E-state index is -0.455. The predicted molar refractivity (Wildman–Crippen MR) is 113 cm³/mol. The molecule has 0 aliphatic carbocycles. The molecule has 3 heterocycles. The number of hydrogen-bond acceptors (Lipinski definition) is 5. The molecule has 1 aromatic heterocycles. The van der Waals surface area contributed by atoms with Crippen molar-refractivity contribution in [2.24, 2.45) is 0 Å². The molecule has 7 nitrogen and oxygen atoms in total. The highest BCUT2D eigenvalue weighted by Crippen LogP contribution is 2.24. The van der Waals surface area contributed by atoms with E-state index in [1.807, 2.05) is 40.6 Å². The van der Waals surface area contributed by atoms with E-state index in [2.05, 4.69) is 10.6 Å². The van der Waals surface area contributed by atoms with Gasteiger partial charge in [-0.3, -0.25) is 14.4 Å². The summed E-state index contributed by atoms with van der Waals surface area (Å²) in [5.41, 5.74) is 1.64. The van der Waals surface area contributed by atoms with Gasteiger partial charge >= 0.3 is 0 Å². The summed E-state index contributed by atoms with van der Waals surface area (Å²) >= 11 is 1.40. The second kappa shape index (κ2) is 8.65. The highest BCUT2D eigenvalue weighted by molar-refractivity contribution is 7.12. The quantitative estimate of drug-likeness (QED) is 0.808. The van der Waals surface area contributed by atoms with E-state index in [0.717, 1.165) is 25.1 Å². The Bertz CT molecular complexity index is 882. The van der Waals surface area contributed by atoms with Crippen molar-refractivity contribution in [3.8, 4) is 0 Å². The number of piperazine rings is 1. The molecule has 1 unspecified atom stereocenters. The molecule has 1 atom stereocenters. The third kappa shape index (κ3) is 4.42. The number of rotatable bonds is 4. The lowest BCUT2D eigenvalue weighted by Crippen LogP contribution is -2.49. The van der Waals surface area contributed by atoms with Crippen LogP contribution in [0.2, 0.25) is 0 Å². The van der Waals surface area contributed by atoms with Crippen LogP contribution in [0.15, 0.2) is 41.8 Å². The molecule has 0 saturated carbocycles. The van der Waals surface area contributed by atoms with Gasteiger partial charge in [-0.15, -0.1) is 11.3 Å². The summed E-state index contributed by atoms with van der Waals surface area (Å²) in [5, 5.41) is 7.64. The van der Waals surface area contributed by atoms with Crippen molar-refractivity contribution in [2.45, 2.75) is 25.3 Å². The molecular weight excluding hydrogens is 388 g/mol. The van der Waals surface area contributed by atoms with Gasteiger partial charge in [0.25, 0.3) is 5.91 Å². The van der Waals surface area contributed by atoms with Gasteiger partial charge in [-0.25, -0.2) is 0 Å². The first-order chi connectivity index (χ1) is 14.1. The van der Waals surface area contributed by atoms with Crippen LogP contribution >= 0.6 is 11.3 Å². The van der Waals surface area contributed by atoms with Crippen LogP contribution in [0, 0.1) is 0 Å². The van der Waals surface area contributed by atoms with Crippen LogP contribution in [0.3, 0.4) is 0 Å². The summed E-state index contributed by atoms with van der Waals surface area (Å²) < 4.78 is 0. The number of nitrogens with zero attached hydrogens (tertiary/aromatic N) is 2. The highest BCUT2D eigenvalue weighted by atomic mass is 32.1. The molecule has 2 aliphatic rings. The highest BCUT2D eigenvalue weighted by Gasteiger charge is 2.33. The molecule has 29 heavy (non-hydrogen) atoms. The summed E-state index contributed by atoms with van der Waals surface area (Å²) in [6.07, 6.45) is 2.52. The summed E-state index contributed by atoms with van der Waals surface area (Å²) in [4.78, 5) is 41.6. The summed E-state index contributed by atoms with van der Waals surface area (Å²) in [5.74, 6) is -0.209.